The van der Waals surface area contributed by atoms with Gasteiger partial charge in [-0.05, 0) is 60.9 Å². The van der Waals surface area contributed by atoms with E-state index in [1.807, 2.05) is 11.0 Å². The van der Waals surface area contributed by atoms with E-state index in [4.69, 9.17) is 0 Å². The van der Waals surface area contributed by atoms with Gasteiger partial charge in [-0.25, -0.2) is 4.39 Å². The molecule has 0 saturated carbocycles. The third-order valence-electron chi connectivity index (χ3n) is 4.03. The number of benzene rings is 1. The number of fused-ring (bicyclic) bond motifs is 1. The first-order chi connectivity index (χ1) is 9.24. The first kappa shape index (κ1) is 12.4. The first-order valence-electron chi connectivity index (χ1n) is 7.02. The maximum Gasteiger partial charge on any atom is 0.246 e. The molecule has 0 radical (unpaired) electrons. The zero-order chi connectivity index (χ0) is 13.2. The Morgan fingerprint density at radius 2 is 1.95 bits per heavy atom. The molecule has 1 heterocycles. The van der Waals surface area contributed by atoms with Gasteiger partial charge >= 0.3 is 0 Å². The van der Waals surface area contributed by atoms with Crippen LogP contribution in [-0.2, 0) is 11.2 Å². The third kappa shape index (κ3) is 2.55. The van der Waals surface area contributed by atoms with E-state index in [1.165, 1.54) is 6.07 Å². The standard InChI is InChI=1S/C16H18FNO/c17-14-7-6-12-4-3-5-13(15(12)11-14)10-16(19)18-8-1-2-9-18/h6-7,10-11H,1-5,8-9H2. The Kier molecular flexibility index (Phi) is 3.36. The highest BCUT2D eigenvalue weighted by Gasteiger charge is 2.19. The molecule has 0 N–H and O–H groups in total. The normalized spacial score (nSPS) is 20.7. The van der Waals surface area contributed by atoms with Crippen molar-refractivity contribution in [2.24, 2.45) is 0 Å². The van der Waals surface area contributed by atoms with Crippen molar-refractivity contribution >= 4 is 11.5 Å². The summed E-state index contributed by atoms with van der Waals surface area (Å²) in [5.74, 6) is -0.134. The molecular weight excluding hydrogens is 241 g/mol. The molecule has 0 bridgehead atoms. The molecule has 0 unspecified atom stereocenters. The molecule has 1 fully saturated rings. The fourth-order valence-electron chi connectivity index (χ4n) is 3.00. The molecule has 0 atom stereocenters. The molecule has 0 aromatic heterocycles. The average Bonchev–Trinajstić information content (AvgIpc) is 2.93. The quantitative estimate of drug-likeness (QED) is 0.709. The van der Waals surface area contributed by atoms with Gasteiger partial charge in [-0.15, -0.1) is 0 Å². The summed E-state index contributed by atoms with van der Waals surface area (Å²) >= 11 is 0. The summed E-state index contributed by atoms with van der Waals surface area (Å²) in [5, 5.41) is 0. The summed E-state index contributed by atoms with van der Waals surface area (Å²) in [6, 6.07) is 4.92. The number of amides is 1. The van der Waals surface area contributed by atoms with E-state index in [1.54, 1.807) is 12.1 Å². The van der Waals surface area contributed by atoms with Crippen molar-refractivity contribution in [2.75, 3.05) is 13.1 Å². The van der Waals surface area contributed by atoms with Gasteiger partial charge in [-0.1, -0.05) is 6.07 Å². The van der Waals surface area contributed by atoms with E-state index in [0.29, 0.717) is 0 Å². The Hall–Kier alpha value is -1.64. The van der Waals surface area contributed by atoms with Crippen LogP contribution in [0.3, 0.4) is 0 Å². The van der Waals surface area contributed by atoms with Crippen LogP contribution >= 0.6 is 0 Å². The van der Waals surface area contributed by atoms with Crippen LogP contribution in [-0.4, -0.2) is 23.9 Å². The predicted octanol–water partition coefficient (Wildman–Crippen LogP) is 3.17. The van der Waals surface area contributed by atoms with Crippen LogP contribution < -0.4 is 0 Å². The number of hydrogen-bond acceptors (Lipinski definition) is 1. The minimum absolute atomic E-state index is 0.0876. The summed E-state index contributed by atoms with van der Waals surface area (Å²) in [5.41, 5.74) is 3.09. The van der Waals surface area contributed by atoms with E-state index in [-0.39, 0.29) is 11.7 Å². The highest BCUT2D eigenvalue weighted by atomic mass is 19.1. The molecule has 1 aromatic carbocycles. The minimum Gasteiger partial charge on any atom is -0.339 e. The minimum atomic E-state index is -0.222. The van der Waals surface area contributed by atoms with Gasteiger partial charge in [0.15, 0.2) is 0 Å². The molecule has 1 aliphatic heterocycles. The molecular formula is C16H18FNO. The van der Waals surface area contributed by atoms with Crippen molar-refractivity contribution in [3.63, 3.8) is 0 Å². The Labute approximate surface area is 112 Å². The number of allylic oxidation sites excluding steroid dienone is 1. The molecule has 1 aliphatic carbocycles. The second kappa shape index (κ2) is 5.16. The molecule has 100 valence electrons. The lowest BCUT2D eigenvalue weighted by atomic mass is 9.87. The van der Waals surface area contributed by atoms with Crippen molar-refractivity contribution in [3.05, 3.63) is 41.2 Å². The topological polar surface area (TPSA) is 20.3 Å². The number of rotatable bonds is 1. The summed E-state index contributed by atoms with van der Waals surface area (Å²) in [7, 11) is 0. The van der Waals surface area contributed by atoms with Crippen LogP contribution in [0.4, 0.5) is 4.39 Å². The Balaban J connectivity index is 1.89. The molecule has 2 nitrogen and oxygen atoms in total. The maximum absolute atomic E-state index is 13.4. The van der Waals surface area contributed by atoms with Crippen LogP contribution in [0.1, 0.15) is 36.8 Å². The molecule has 2 aliphatic rings. The third-order valence-corrected chi connectivity index (χ3v) is 4.03. The lowest BCUT2D eigenvalue weighted by Gasteiger charge is -2.20. The zero-order valence-electron chi connectivity index (χ0n) is 11.0. The van der Waals surface area contributed by atoms with Gasteiger partial charge in [0.05, 0.1) is 0 Å². The van der Waals surface area contributed by atoms with Crippen molar-refractivity contribution in [1.82, 2.24) is 4.90 Å². The number of nitrogens with zero attached hydrogens (tertiary/aromatic N) is 1. The number of carbonyl (C=O) groups excluding carboxylic acids is 1. The Morgan fingerprint density at radius 3 is 2.74 bits per heavy atom. The van der Waals surface area contributed by atoms with Gasteiger partial charge in [-0.2, -0.15) is 0 Å². The van der Waals surface area contributed by atoms with Gasteiger partial charge in [0.25, 0.3) is 0 Å². The summed E-state index contributed by atoms with van der Waals surface area (Å²) in [6.07, 6.45) is 6.81. The molecule has 3 heteroatoms. The van der Waals surface area contributed by atoms with Crippen molar-refractivity contribution in [3.8, 4) is 0 Å². The second-order valence-corrected chi connectivity index (χ2v) is 5.36. The van der Waals surface area contributed by atoms with Crippen molar-refractivity contribution in [2.45, 2.75) is 32.1 Å². The number of carbonyl (C=O) groups is 1. The van der Waals surface area contributed by atoms with Gasteiger partial charge < -0.3 is 4.90 Å². The van der Waals surface area contributed by atoms with Crippen LogP contribution in [0.25, 0.3) is 5.57 Å². The maximum atomic E-state index is 13.4. The average molecular weight is 259 g/mol. The molecule has 1 amide bonds. The second-order valence-electron chi connectivity index (χ2n) is 5.36. The van der Waals surface area contributed by atoms with Gasteiger partial charge in [0.1, 0.15) is 5.82 Å². The lowest BCUT2D eigenvalue weighted by molar-refractivity contribution is -0.124. The molecule has 1 saturated heterocycles. The summed E-state index contributed by atoms with van der Waals surface area (Å²) in [6.45, 7) is 1.72. The SMILES string of the molecule is O=C(C=C1CCCc2ccc(F)cc21)N1CCCC1. The zero-order valence-corrected chi connectivity index (χ0v) is 11.0. The fraction of sp³-hybridized carbons (Fsp3) is 0.438. The fourth-order valence-corrected chi connectivity index (χ4v) is 3.00. The smallest absolute Gasteiger partial charge is 0.246 e. The van der Waals surface area contributed by atoms with E-state index < -0.39 is 0 Å². The van der Waals surface area contributed by atoms with Crippen molar-refractivity contribution in [1.29, 1.82) is 0 Å². The van der Waals surface area contributed by atoms with Crippen LogP contribution in [0.5, 0.6) is 0 Å². The first-order valence-corrected chi connectivity index (χ1v) is 7.02. The number of aryl methyl sites for hydroxylation is 1. The number of likely N-dealkylation sites (tertiary alicyclic amines) is 1. The Morgan fingerprint density at radius 1 is 1.16 bits per heavy atom. The highest BCUT2D eigenvalue weighted by molar-refractivity contribution is 5.96. The van der Waals surface area contributed by atoms with Gasteiger partial charge in [0, 0.05) is 19.2 Å². The Bertz CT molecular complexity index is 530. The largest absolute Gasteiger partial charge is 0.339 e. The summed E-state index contributed by atoms with van der Waals surface area (Å²) in [4.78, 5) is 14.1. The number of hydrogen-bond donors (Lipinski definition) is 0. The molecule has 3 rings (SSSR count). The molecule has 0 spiro atoms. The van der Waals surface area contributed by atoms with Gasteiger partial charge in [-0.3, -0.25) is 4.79 Å². The highest BCUT2D eigenvalue weighted by Crippen LogP contribution is 2.31. The van der Waals surface area contributed by atoms with E-state index in [9.17, 15) is 9.18 Å². The van der Waals surface area contributed by atoms with Crippen molar-refractivity contribution < 1.29 is 9.18 Å². The molecule has 19 heavy (non-hydrogen) atoms. The molecule has 1 aromatic rings. The van der Waals surface area contributed by atoms with Gasteiger partial charge in [0.2, 0.25) is 5.91 Å². The summed E-state index contributed by atoms with van der Waals surface area (Å²) < 4.78 is 13.4. The lowest BCUT2D eigenvalue weighted by Crippen LogP contribution is -2.26. The monoisotopic (exact) mass is 259 g/mol. The van der Waals surface area contributed by atoms with E-state index in [2.05, 4.69) is 0 Å². The van der Waals surface area contributed by atoms with Crippen LogP contribution in [0.15, 0.2) is 24.3 Å². The van der Waals surface area contributed by atoms with Crippen LogP contribution in [0.2, 0.25) is 0 Å². The van der Waals surface area contributed by atoms with Crippen LogP contribution in [0, 0.1) is 5.82 Å². The predicted molar refractivity (Wildman–Crippen MR) is 73.1 cm³/mol. The number of halogens is 1. The van der Waals surface area contributed by atoms with E-state index >= 15 is 0 Å². The van der Waals surface area contributed by atoms with E-state index in [0.717, 1.165) is 61.9 Å².